The molecule has 1 atom stereocenters. The van der Waals surface area contributed by atoms with Crippen LogP contribution < -0.4 is 10.8 Å². The van der Waals surface area contributed by atoms with Crippen molar-refractivity contribution in [2.75, 3.05) is 6.66 Å². The van der Waals surface area contributed by atoms with Crippen molar-refractivity contribution in [1.82, 2.24) is 0 Å². The first-order chi connectivity index (χ1) is 5.93. The normalized spacial score (nSPS) is 15.8. The molecular formula is C8H10Cl2NOP. The molecule has 0 aliphatic heterocycles. The first-order valence-corrected chi connectivity index (χ1v) is 6.76. The average Bonchev–Trinajstić information content (AvgIpc) is 2.03. The molecule has 0 aliphatic carbocycles. The molecular weight excluding hydrogens is 228 g/mol. The Hall–Kier alpha value is -0.0100. The minimum absolute atomic E-state index is 0.546. The van der Waals surface area contributed by atoms with Crippen LogP contribution in [0.15, 0.2) is 24.3 Å². The predicted octanol–water partition coefficient (Wildman–Crippen LogP) is 2.65. The highest BCUT2D eigenvalue weighted by Crippen LogP contribution is 2.35. The highest BCUT2D eigenvalue weighted by Gasteiger charge is 2.19. The summed E-state index contributed by atoms with van der Waals surface area (Å²) >= 11 is 11.4. The first-order valence-electron chi connectivity index (χ1n) is 3.66. The number of benzene rings is 1. The van der Waals surface area contributed by atoms with Gasteiger partial charge in [-0.15, -0.1) is 23.2 Å². The maximum atomic E-state index is 11.6. The molecule has 0 saturated carbocycles. The zero-order valence-corrected chi connectivity index (χ0v) is 9.48. The second-order valence-electron chi connectivity index (χ2n) is 2.85. The maximum absolute atomic E-state index is 11.6. The van der Waals surface area contributed by atoms with Crippen molar-refractivity contribution in [2.45, 2.75) is 4.84 Å². The number of hydrogen-bond acceptors (Lipinski definition) is 1. The summed E-state index contributed by atoms with van der Waals surface area (Å²) in [6, 6.07) is 6.96. The van der Waals surface area contributed by atoms with Crippen LogP contribution in [0.2, 0.25) is 0 Å². The summed E-state index contributed by atoms with van der Waals surface area (Å²) in [5.74, 6) is 0. The van der Waals surface area contributed by atoms with E-state index in [1.165, 1.54) is 6.66 Å². The summed E-state index contributed by atoms with van der Waals surface area (Å²) in [6.07, 6.45) is 0. The molecule has 13 heavy (non-hydrogen) atoms. The average molecular weight is 238 g/mol. The van der Waals surface area contributed by atoms with Gasteiger partial charge in [-0.05, 0) is 11.6 Å². The van der Waals surface area contributed by atoms with Gasteiger partial charge < -0.3 is 4.57 Å². The van der Waals surface area contributed by atoms with Crippen LogP contribution in [0, 0.1) is 0 Å². The number of nitrogens with two attached hydrogens (primary N) is 1. The van der Waals surface area contributed by atoms with Gasteiger partial charge in [0, 0.05) is 12.0 Å². The van der Waals surface area contributed by atoms with Gasteiger partial charge in [0.15, 0.2) is 7.29 Å². The Morgan fingerprint density at radius 3 is 2.31 bits per heavy atom. The van der Waals surface area contributed by atoms with E-state index in [9.17, 15) is 4.57 Å². The predicted molar refractivity (Wildman–Crippen MR) is 58.2 cm³/mol. The third-order valence-corrected chi connectivity index (χ3v) is 3.48. The zero-order valence-electron chi connectivity index (χ0n) is 7.08. The largest absolute Gasteiger partial charge is 0.302 e. The van der Waals surface area contributed by atoms with Gasteiger partial charge in [-0.25, -0.2) is 0 Å². The summed E-state index contributed by atoms with van der Waals surface area (Å²) < 4.78 is 11.6. The molecule has 0 saturated heterocycles. The van der Waals surface area contributed by atoms with E-state index in [2.05, 4.69) is 0 Å². The third kappa shape index (κ3) is 2.72. The van der Waals surface area contributed by atoms with Crippen molar-refractivity contribution < 1.29 is 4.57 Å². The van der Waals surface area contributed by atoms with E-state index < -0.39 is 12.1 Å². The fourth-order valence-corrected chi connectivity index (χ4v) is 2.71. The molecule has 0 bridgehead atoms. The Bertz CT molecular complexity index is 348. The number of rotatable bonds is 2. The van der Waals surface area contributed by atoms with Gasteiger partial charge in [-0.1, -0.05) is 18.2 Å². The molecule has 1 aromatic carbocycles. The number of halogens is 2. The van der Waals surface area contributed by atoms with Gasteiger partial charge >= 0.3 is 0 Å². The Kier molecular flexibility index (Phi) is 3.42. The maximum Gasteiger partial charge on any atom is 0.170 e. The van der Waals surface area contributed by atoms with Crippen LogP contribution in [0.5, 0.6) is 0 Å². The van der Waals surface area contributed by atoms with Crippen molar-refractivity contribution >= 4 is 35.8 Å². The first kappa shape index (κ1) is 11.1. The lowest BCUT2D eigenvalue weighted by atomic mass is 10.2. The second-order valence-corrected chi connectivity index (χ2v) is 6.41. The van der Waals surface area contributed by atoms with Gasteiger partial charge in [0.25, 0.3) is 0 Å². The molecule has 5 heteroatoms. The second kappa shape index (κ2) is 4.02. The lowest BCUT2D eigenvalue weighted by Gasteiger charge is -2.12. The molecule has 72 valence electrons. The topological polar surface area (TPSA) is 43.1 Å². The summed E-state index contributed by atoms with van der Waals surface area (Å²) in [6.45, 7) is 1.49. The molecule has 0 heterocycles. The number of alkyl halides is 2. The quantitative estimate of drug-likeness (QED) is 0.635. The molecule has 1 rings (SSSR count). The standard InChI is InChI=1S/C8H10Cl2NOP/c1-13(11,12)7-5-3-2-4-6(7)8(9)10/h2-5,8H,1H3,(H2,11,12). The summed E-state index contributed by atoms with van der Waals surface area (Å²) in [7, 11) is -2.78. The lowest BCUT2D eigenvalue weighted by Crippen LogP contribution is -2.15. The third-order valence-electron chi connectivity index (χ3n) is 1.65. The highest BCUT2D eigenvalue weighted by molar-refractivity contribution is 7.68. The number of hydrogen-bond donors (Lipinski definition) is 1. The van der Waals surface area contributed by atoms with E-state index in [-0.39, 0.29) is 0 Å². The Labute approximate surface area is 87.5 Å². The Morgan fingerprint density at radius 1 is 1.38 bits per heavy atom. The summed E-state index contributed by atoms with van der Waals surface area (Å²) in [5, 5.41) is 0.546. The summed E-state index contributed by atoms with van der Waals surface area (Å²) in [4.78, 5) is -0.687. The SMILES string of the molecule is CP(N)(=O)c1ccccc1C(Cl)Cl. The van der Waals surface area contributed by atoms with E-state index in [0.29, 0.717) is 10.9 Å². The molecule has 0 radical (unpaired) electrons. The van der Waals surface area contributed by atoms with Crippen LogP contribution in [-0.2, 0) is 4.57 Å². The molecule has 0 spiro atoms. The van der Waals surface area contributed by atoms with E-state index in [4.69, 9.17) is 28.7 Å². The molecule has 0 aliphatic rings. The smallest absolute Gasteiger partial charge is 0.170 e. The Balaban J connectivity index is 3.29. The minimum atomic E-state index is -2.78. The van der Waals surface area contributed by atoms with Crippen molar-refractivity contribution in [2.24, 2.45) is 5.50 Å². The van der Waals surface area contributed by atoms with E-state index >= 15 is 0 Å². The van der Waals surface area contributed by atoms with Crippen LogP contribution >= 0.6 is 30.5 Å². The van der Waals surface area contributed by atoms with Gasteiger partial charge in [0.2, 0.25) is 0 Å². The fraction of sp³-hybridized carbons (Fsp3) is 0.250. The lowest BCUT2D eigenvalue weighted by molar-refractivity contribution is 0.585. The molecule has 0 aromatic heterocycles. The molecule has 1 aromatic rings. The highest BCUT2D eigenvalue weighted by atomic mass is 35.5. The fourth-order valence-electron chi connectivity index (χ4n) is 1.08. The van der Waals surface area contributed by atoms with Crippen molar-refractivity contribution in [3.8, 4) is 0 Å². The van der Waals surface area contributed by atoms with Crippen LogP contribution in [-0.4, -0.2) is 6.66 Å². The van der Waals surface area contributed by atoms with E-state index in [0.717, 1.165) is 0 Å². The monoisotopic (exact) mass is 237 g/mol. The molecule has 0 fully saturated rings. The van der Waals surface area contributed by atoms with Gasteiger partial charge in [0.05, 0.1) is 0 Å². The van der Waals surface area contributed by atoms with Gasteiger partial charge in [-0.3, -0.25) is 5.50 Å². The van der Waals surface area contributed by atoms with Gasteiger partial charge in [-0.2, -0.15) is 0 Å². The van der Waals surface area contributed by atoms with Crippen molar-refractivity contribution in [3.63, 3.8) is 0 Å². The molecule has 2 N–H and O–H groups in total. The van der Waals surface area contributed by atoms with Crippen molar-refractivity contribution in [3.05, 3.63) is 29.8 Å². The molecule has 1 unspecified atom stereocenters. The zero-order chi connectivity index (χ0) is 10.1. The van der Waals surface area contributed by atoms with Gasteiger partial charge in [0.1, 0.15) is 4.84 Å². The Morgan fingerprint density at radius 2 is 1.92 bits per heavy atom. The summed E-state index contributed by atoms with van der Waals surface area (Å²) in [5.41, 5.74) is 6.16. The minimum Gasteiger partial charge on any atom is -0.302 e. The van der Waals surface area contributed by atoms with Crippen LogP contribution in [0.25, 0.3) is 0 Å². The van der Waals surface area contributed by atoms with E-state index in [1.807, 2.05) is 0 Å². The van der Waals surface area contributed by atoms with E-state index in [1.54, 1.807) is 24.3 Å². The van der Waals surface area contributed by atoms with Crippen LogP contribution in [0.1, 0.15) is 10.4 Å². The van der Waals surface area contributed by atoms with Crippen molar-refractivity contribution in [1.29, 1.82) is 0 Å². The van der Waals surface area contributed by atoms with Crippen LogP contribution in [0.4, 0.5) is 0 Å². The van der Waals surface area contributed by atoms with Crippen LogP contribution in [0.3, 0.4) is 0 Å². The molecule has 0 amide bonds. The molecule has 2 nitrogen and oxygen atoms in total.